The number of ketones is 1. The smallest absolute Gasteiger partial charge is 0.193 e. The van der Waals surface area contributed by atoms with Crippen LogP contribution in [-0.2, 0) is 6.42 Å². The zero-order valence-corrected chi connectivity index (χ0v) is 12.3. The van der Waals surface area contributed by atoms with Crippen molar-refractivity contribution in [1.29, 1.82) is 0 Å². The summed E-state index contributed by atoms with van der Waals surface area (Å²) >= 11 is 0. The largest absolute Gasteiger partial charge is 0.348 e. The van der Waals surface area contributed by atoms with E-state index in [0.29, 0.717) is 6.54 Å². The molecule has 0 amide bonds. The monoisotopic (exact) mass is 293 g/mol. The molecule has 0 bridgehead atoms. The van der Waals surface area contributed by atoms with Crippen LogP contribution in [0.3, 0.4) is 0 Å². The van der Waals surface area contributed by atoms with Gasteiger partial charge in [-0.2, -0.15) is 0 Å². The second-order valence-electron chi connectivity index (χ2n) is 4.68. The molecule has 22 heavy (non-hydrogen) atoms. The standard InChI is InChI=1S/C13H10O.C5H9N3/c14-13(11-7-3-1-4-8-11)12-9-5-2-6-10-12;6-2-1-5-3-7-4-8-5/h1-10H;3-4H,1-2,6H2,(H,7,8). The minimum Gasteiger partial charge on any atom is -0.348 e. The minimum atomic E-state index is 0.0752. The minimum absolute atomic E-state index is 0.0752. The van der Waals surface area contributed by atoms with Crippen LogP contribution in [0.1, 0.15) is 21.6 Å². The summed E-state index contributed by atoms with van der Waals surface area (Å²) in [5, 5.41) is 0. The summed E-state index contributed by atoms with van der Waals surface area (Å²) in [4.78, 5) is 18.6. The van der Waals surface area contributed by atoms with Gasteiger partial charge in [0.2, 0.25) is 0 Å². The first kappa shape index (κ1) is 15.7. The van der Waals surface area contributed by atoms with Gasteiger partial charge in [-0.15, -0.1) is 0 Å². The molecule has 0 saturated heterocycles. The van der Waals surface area contributed by atoms with Gasteiger partial charge in [-0.25, -0.2) is 4.98 Å². The molecule has 0 fully saturated rings. The Bertz CT molecular complexity index is 623. The van der Waals surface area contributed by atoms with Crippen molar-refractivity contribution in [1.82, 2.24) is 9.97 Å². The summed E-state index contributed by atoms with van der Waals surface area (Å²) in [5.41, 5.74) is 7.85. The van der Waals surface area contributed by atoms with Crippen LogP contribution in [0.4, 0.5) is 0 Å². The summed E-state index contributed by atoms with van der Waals surface area (Å²) < 4.78 is 0. The van der Waals surface area contributed by atoms with Crippen molar-refractivity contribution < 1.29 is 4.79 Å². The topological polar surface area (TPSA) is 71.8 Å². The van der Waals surface area contributed by atoms with Crippen LogP contribution >= 0.6 is 0 Å². The van der Waals surface area contributed by atoms with E-state index in [0.717, 1.165) is 23.2 Å². The molecule has 0 aliphatic carbocycles. The molecule has 3 rings (SSSR count). The number of carbonyl (C=O) groups is 1. The van der Waals surface area contributed by atoms with E-state index < -0.39 is 0 Å². The molecule has 4 nitrogen and oxygen atoms in total. The number of nitrogens with two attached hydrogens (primary N) is 1. The zero-order valence-electron chi connectivity index (χ0n) is 12.3. The van der Waals surface area contributed by atoms with Crippen molar-refractivity contribution in [3.63, 3.8) is 0 Å². The van der Waals surface area contributed by atoms with Gasteiger partial charge in [0.25, 0.3) is 0 Å². The van der Waals surface area contributed by atoms with Crippen molar-refractivity contribution in [2.24, 2.45) is 5.73 Å². The highest BCUT2D eigenvalue weighted by Crippen LogP contribution is 2.08. The lowest BCUT2D eigenvalue weighted by Crippen LogP contribution is -2.02. The van der Waals surface area contributed by atoms with Crippen LogP contribution in [0, 0.1) is 0 Å². The van der Waals surface area contributed by atoms with Crippen LogP contribution in [0.15, 0.2) is 73.2 Å². The summed E-state index contributed by atoms with van der Waals surface area (Å²) in [6.45, 7) is 0.683. The number of aromatic amines is 1. The lowest BCUT2D eigenvalue weighted by molar-refractivity contribution is 0.103. The van der Waals surface area contributed by atoms with Gasteiger partial charge >= 0.3 is 0 Å². The average molecular weight is 293 g/mol. The molecule has 0 radical (unpaired) electrons. The number of hydrogen-bond acceptors (Lipinski definition) is 3. The molecule has 3 aromatic rings. The molecular formula is C18H19N3O. The predicted octanol–water partition coefficient (Wildman–Crippen LogP) is 2.83. The normalized spacial score (nSPS) is 9.68. The first-order valence-corrected chi connectivity index (χ1v) is 7.13. The maximum atomic E-state index is 11.8. The fourth-order valence-corrected chi connectivity index (χ4v) is 1.92. The van der Waals surface area contributed by atoms with Crippen molar-refractivity contribution in [3.8, 4) is 0 Å². The van der Waals surface area contributed by atoms with Gasteiger partial charge in [0, 0.05) is 29.4 Å². The highest BCUT2D eigenvalue weighted by Gasteiger charge is 2.06. The molecule has 0 spiro atoms. The fourth-order valence-electron chi connectivity index (χ4n) is 1.92. The average Bonchev–Trinajstić information content (AvgIpc) is 3.10. The first-order chi connectivity index (χ1) is 10.8. The second-order valence-corrected chi connectivity index (χ2v) is 4.68. The van der Waals surface area contributed by atoms with Gasteiger partial charge < -0.3 is 10.7 Å². The quantitative estimate of drug-likeness (QED) is 0.727. The predicted molar refractivity (Wildman–Crippen MR) is 87.7 cm³/mol. The van der Waals surface area contributed by atoms with Crippen molar-refractivity contribution in [3.05, 3.63) is 90.0 Å². The Balaban J connectivity index is 0.000000188. The molecule has 1 heterocycles. The van der Waals surface area contributed by atoms with Crippen molar-refractivity contribution in [2.75, 3.05) is 6.54 Å². The third-order valence-electron chi connectivity index (χ3n) is 3.04. The Labute approximate surface area is 130 Å². The molecule has 0 unspecified atom stereocenters. The van der Waals surface area contributed by atoms with Gasteiger partial charge in [-0.1, -0.05) is 60.7 Å². The summed E-state index contributed by atoms with van der Waals surface area (Å²) in [6.07, 6.45) is 4.33. The molecular weight excluding hydrogens is 274 g/mol. The van der Waals surface area contributed by atoms with E-state index in [-0.39, 0.29) is 5.78 Å². The third-order valence-corrected chi connectivity index (χ3v) is 3.04. The van der Waals surface area contributed by atoms with Crippen molar-refractivity contribution >= 4 is 5.78 Å². The van der Waals surface area contributed by atoms with Gasteiger partial charge in [0.05, 0.1) is 6.33 Å². The number of nitrogens with zero attached hydrogens (tertiary/aromatic N) is 1. The Morgan fingerprint density at radius 3 is 1.91 bits per heavy atom. The number of hydrogen-bond donors (Lipinski definition) is 2. The van der Waals surface area contributed by atoms with E-state index in [4.69, 9.17) is 5.73 Å². The van der Waals surface area contributed by atoms with E-state index in [2.05, 4.69) is 9.97 Å². The van der Waals surface area contributed by atoms with Crippen LogP contribution in [0.5, 0.6) is 0 Å². The molecule has 4 heteroatoms. The molecule has 0 aliphatic rings. The molecule has 112 valence electrons. The van der Waals surface area contributed by atoms with E-state index >= 15 is 0 Å². The summed E-state index contributed by atoms with van der Waals surface area (Å²) in [5.74, 6) is 0.0752. The SMILES string of the molecule is NCCc1cnc[nH]1.O=C(c1ccccc1)c1ccccc1. The molecule has 0 saturated carbocycles. The number of nitrogens with one attached hydrogen (secondary N) is 1. The van der Waals surface area contributed by atoms with E-state index in [1.165, 1.54) is 0 Å². The maximum Gasteiger partial charge on any atom is 0.193 e. The number of imidazole rings is 1. The van der Waals surface area contributed by atoms with Crippen LogP contribution in [0.2, 0.25) is 0 Å². The summed E-state index contributed by atoms with van der Waals surface area (Å²) in [7, 11) is 0. The van der Waals surface area contributed by atoms with Crippen molar-refractivity contribution in [2.45, 2.75) is 6.42 Å². The number of H-pyrrole nitrogens is 1. The van der Waals surface area contributed by atoms with E-state index in [9.17, 15) is 4.79 Å². The van der Waals surface area contributed by atoms with Gasteiger partial charge in [0.1, 0.15) is 0 Å². The number of aromatic nitrogens is 2. The lowest BCUT2D eigenvalue weighted by Gasteiger charge is -1.99. The number of carbonyl (C=O) groups excluding carboxylic acids is 1. The number of benzene rings is 2. The van der Waals surface area contributed by atoms with Crippen LogP contribution in [0.25, 0.3) is 0 Å². The van der Waals surface area contributed by atoms with Gasteiger partial charge in [-0.3, -0.25) is 4.79 Å². The molecule has 0 aliphatic heterocycles. The molecule has 1 aromatic heterocycles. The van der Waals surface area contributed by atoms with E-state index in [1.54, 1.807) is 12.5 Å². The summed E-state index contributed by atoms with van der Waals surface area (Å²) in [6, 6.07) is 18.6. The molecule has 3 N–H and O–H groups in total. The number of rotatable bonds is 4. The highest BCUT2D eigenvalue weighted by molar-refractivity contribution is 6.08. The second kappa shape index (κ2) is 8.54. The highest BCUT2D eigenvalue weighted by atomic mass is 16.1. The Morgan fingerprint density at radius 1 is 0.955 bits per heavy atom. The maximum absolute atomic E-state index is 11.8. The van der Waals surface area contributed by atoms with Crippen LogP contribution in [-0.4, -0.2) is 22.3 Å². The molecule has 0 atom stereocenters. The Hall–Kier alpha value is -2.72. The zero-order chi connectivity index (χ0) is 15.6. The van der Waals surface area contributed by atoms with Crippen LogP contribution < -0.4 is 5.73 Å². The molecule has 2 aromatic carbocycles. The van der Waals surface area contributed by atoms with Gasteiger partial charge in [-0.05, 0) is 6.54 Å². The Morgan fingerprint density at radius 2 is 1.50 bits per heavy atom. The first-order valence-electron chi connectivity index (χ1n) is 7.13. The third kappa shape index (κ3) is 4.68. The Kier molecular flexibility index (Phi) is 6.08. The fraction of sp³-hybridized carbons (Fsp3) is 0.111. The lowest BCUT2D eigenvalue weighted by atomic mass is 10.0. The van der Waals surface area contributed by atoms with E-state index in [1.807, 2.05) is 60.7 Å². The van der Waals surface area contributed by atoms with Gasteiger partial charge in [0.15, 0.2) is 5.78 Å².